The third-order valence-corrected chi connectivity index (χ3v) is 3.72. The molecule has 2 rings (SSSR count). The number of carbonyl (C=O) groups excluding carboxylic acids is 2. The second-order valence-corrected chi connectivity index (χ2v) is 5.05. The number of amides is 1. The van der Waals surface area contributed by atoms with Gasteiger partial charge in [0.25, 0.3) is 5.91 Å². The number of carbonyl (C=O) groups is 2. The number of nitrogens with zero attached hydrogens (tertiary/aromatic N) is 1. The van der Waals surface area contributed by atoms with Gasteiger partial charge in [-0.25, -0.2) is 0 Å². The Bertz CT molecular complexity index is 558. The van der Waals surface area contributed by atoms with Crippen molar-refractivity contribution in [3.05, 3.63) is 41.1 Å². The lowest BCUT2D eigenvalue weighted by molar-refractivity contribution is -0.114. The quantitative estimate of drug-likeness (QED) is 0.917. The van der Waals surface area contributed by atoms with Gasteiger partial charge in [-0.1, -0.05) is 0 Å². The van der Waals surface area contributed by atoms with Crippen LogP contribution in [0, 0.1) is 0 Å². The normalized spacial score (nSPS) is 14.7. The second kappa shape index (κ2) is 5.90. The van der Waals surface area contributed by atoms with Crippen molar-refractivity contribution in [2.45, 2.75) is 26.7 Å². The molecular formula is C16H20N2O2. The van der Waals surface area contributed by atoms with Gasteiger partial charge in [0, 0.05) is 42.5 Å². The first-order valence-electron chi connectivity index (χ1n) is 6.88. The molecule has 1 aliphatic rings. The third kappa shape index (κ3) is 2.90. The summed E-state index contributed by atoms with van der Waals surface area (Å²) in [6, 6.07) is 7.37. The summed E-state index contributed by atoms with van der Waals surface area (Å²) >= 11 is 0. The Morgan fingerprint density at radius 2 is 1.90 bits per heavy atom. The van der Waals surface area contributed by atoms with Crippen molar-refractivity contribution >= 4 is 17.4 Å². The Morgan fingerprint density at radius 3 is 2.40 bits per heavy atom. The minimum Gasteiger partial charge on any atom is -0.359 e. The van der Waals surface area contributed by atoms with Crippen LogP contribution in [0.2, 0.25) is 0 Å². The molecule has 0 aromatic heterocycles. The van der Waals surface area contributed by atoms with Gasteiger partial charge in [-0.2, -0.15) is 0 Å². The van der Waals surface area contributed by atoms with Crippen molar-refractivity contribution < 1.29 is 9.59 Å². The van der Waals surface area contributed by atoms with Gasteiger partial charge in [-0.15, -0.1) is 0 Å². The summed E-state index contributed by atoms with van der Waals surface area (Å²) in [5.41, 5.74) is 3.38. The molecule has 0 heterocycles. The van der Waals surface area contributed by atoms with Crippen LogP contribution < -0.4 is 5.32 Å². The van der Waals surface area contributed by atoms with Crippen LogP contribution in [0.25, 0.3) is 0 Å². The number of nitrogens with one attached hydrogen (secondary N) is 1. The summed E-state index contributed by atoms with van der Waals surface area (Å²) < 4.78 is 0. The molecule has 0 spiro atoms. The van der Waals surface area contributed by atoms with E-state index in [4.69, 9.17) is 0 Å². The first-order chi connectivity index (χ1) is 9.52. The van der Waals surface area contributed by atoms with Crippen LogP contribution in [0.4, 0.5) is 5.69 Å². The van der Waals surface area contributed by atoms with Crippen LogP contribution in [-0.2, 0) is 4.79 Å². The van der Waals surface area contributed by atoms with Crippen LogP contribution in [0.15, 0.2) is 35.5 Å². The highest BCUT2D eigenvalue weighted by molar-refractivity contribution is 5.98. The zero-order valence-electron chi connectivity index (χ0n) is 12.2. The number of ketones is 1. The van der Waals surface area contributed by atoms with E-state index in [0.29, 0.717) is 18.5 Å². The average Bonchev–Trinajstić information content (AvgIpc) is 2.78. The molecule has 1 N–H and O–H groups in total. The molecule has 106 valence electrons. The number of benzene rings is 1. The Labute approximate surface area is 119 Å². The van der Waals surface area contributed by atoms with Crippen LogP contribution in [0.1, 0.15) is 37.0 Å². The molecule has 0 bridgehead atoms. The number of hydrogen-bond acceptors (Lipinski definition) is 3. The predicted octanol–water partition coefficient (Wildman–Crippen LogP) is 2.83. The lowest BCUT2D eigenvalue weighted by atomic mass is 10.1. The predicted molar refractivity (Wildman–Crippen MR) is 79.6 cm³/mol. The summed E-state index contributed by atoms with van der Waals surface area (Å²) in [4.78, 5) is 25.1. The van der Waals surface area contributed by atoms with Crippen LogP contribution in [-0.4, -0.2) is 30.2 Å². The molecule has 0 aliphatic heterocycles. The molecule has 0 fully saturated rings. The molecule has 0 saturated heterocycles. The van der Waals surface area contributed by atoms with Gasteiger partial charge in [-0.3, -0.25) is 9.59 Å². The molecule has 0 atom stereocenters. The summed E-state index contributed by atoms with van der Waals surface area (Å²) in [5.74, 6) is 0.231. The van der Waals surface area contributed by atoms with Gasteiger partial charge in [0.15, 0.2) is 5.78 Å². The van der Waals surface area contributed by atoms with E-state index >= 15 is 0 Å². The SMILES string of the molecule is CCN(C)C(=O)c1ccc(NC2=C(C)C(=O)CC2)cc1. The molecule has 4 nitrogen and oxygen atoms in total. The van der Waals surface area contributed by atoms with Gasteiger partial charge in [0.05, 0.1) is 0 Å². The molecule has 1 aromatic rings. The summed E-state index contributed by atoms with van der Waals surface area (Å²) in [7, 11) is 1.78. The first kappa shape index (κ1) is 14.3. The van der Waals surface area contributed by atoms with Crippen molar-refractivity contribution in [3.63, 3.8) is 0 Å². The Hall–Kier alpha value is -2.10. The average molecular weight is 272 g/mol. The Balaban J connectivity index is 2.10. The fraction of sp³-hybridized carbons (Fsp3) is 0.375. The molecule has 1 aromatic carbocycles. The maximum atomic E-state index is 12.0. The van der Waals surface area contributed by atoms with E-state index in [9.17, 15) is 9.59 Å². The molecule has 0 unspecified atom stereocenters. The zero-order valence-corrected chi connectivity index (χ0v) is 12.2. The molecule has 0 saturated carbocycles. The van der Waals surface area contributed by atoms with Gasteiger partial charge in [0.2, 0.25) is 0 Å². The first-order valence-corrected chi connectivity index (χ1v) is 6.88. The maximum absolute atomic E-state index is 12.0. The number of anilines is 1. The third-order valence-electron chi connectivity index (χ3n) is 3.72. The van der Waals surface area contributed by atoms with Crippen molar-refractivity contribution in [1.29, 1.82) is 0 Å². The Kier molecular flexibility index (Phi) is 4.23. The molecular weight excluding hydrogens is 252 g/mol. The lowest BCUT2D eigenvalue weighted by Crippen LogP contribution is -2.26. The van der Waals surface area contributed by atoms with E-state index in [2.05, 4.69) is 5.32 Å². The van der Waals surface area contributed by atoms with Gasteiger partial charge in [-0.05, 0) is 44.5 Å². The molecule has 0 radical (unpaired) electrons. The monoisotopic (exact) mass is 272 g/mol. The largest absolute Gasteiger partial charge is 0.359 e. The fourth-order valence-electron chi connectivity index (χ4n) is 2.17. The van der Waals surface area contributed by atoms with Gasteiger partial charge < -0.3 is 10.2 Å². The van der Waals surface area contributed by atoms with E-state index in [1.165, 1.54) is 0 Å². The number of hydrogen-bond donors (Lipinski definition) is 1. The van der Waals surface area contributed by atoms with E-state index in [-0.39, 0.29) is 11.7 Å². The van der Waals surface area contributed by atoms with Crippen molar-refractivity contribution in [1.82, 2.24) is 4.90 Å². The highest BCUT2D eigenvalue weighted by Gasteiger charge is 2.19. The van der Waals surface area contributed by atoms with Crippen LogP contribution in [0.3, 0.4) is 0 Å². The summed E-state index contributed by atoms with van der Waals surface area (Å²) in [6.07, 6.45) is 1.36. The van der Waals surface area contributed by atoms with Crippen molar-refractivity contribution in [2.75, 3.05) is 18.9 Å². The number of rotatable bonds is 4. The maximum Gasteiger partial charge on any atom is 0.253 e. The highest BCUT2D eigenvalue weighted by Crippen LogP contribution is 2.24. The number of Topliss-reactive ketones (excluding diaryl/α,β-unsaturated/α-hetero) is 1. The van der Waals surface area contributed by atoms with E-state index in [1.807, 2.05) is 38.1 Å². The summed E-state index contributed by atoms with van der Waals surface area (Å²) in [5, 5.41) is 3.26. The zero-order chi connectivity index (χ0) is 14.7. The van der Waals surface area contributed by atoms with Crippen molar-refractivity contribution in [2.24, 2.45) is 0 Å². The van der Waals surface area contributed by atoms with Crippen LogP contribution in [0.5, 0.6) is 0 Å². The van der Waals surface area contributed by atoms with E-state index in [1.54, 1.807) is 11.9 Å². The molecule has 20 heavy (non-hydrogen) atoms. The van der Waals surface area contributed by atoms with Gasteiger partial charge >= 0.3 is 0 Å². The molecule has 1 amide bonds. The fourth-order valence-corrected chi connectivity index (χ4v) is 2.17. The summed E-state index contributed by atoms with van der Waals surface area (Å²) in [6.45, 7) is 4.49. The second-order valence-electron chi connectivity index (χ2n) is 5.05. The standard InChI is InChI=1S/C16H20N2O2/c1-4-18(3)16(20)12-5-7-13(8-6-12)17-14-9-10-15(19)11(14)2/h5-8,17H,4,9-10H2,1-3H3. The molecule has 4 heteroatoms. The highest BCUT2D eigenvalue weighted by atomic mass is 16.2. The minimum atomic E-state index is 0.0190. The van der Waals surface area contributed by atoms with Crippen LogP contribution >= 0.6 is 0 Å². The van der Waals surface area contributed by atoms with Crippen molar-refractivity contribution in [3.8, 4) is 0 Å². The lowest BCUT2D eigenvalue weighted by Gasteiger charge is -2.15. The van der Waals surface area contributed by atoms with E-state index < -0.39 is 0 Å². The van der Waals surface area contributed by atoms with Gasteiger partial charge in [0.1, 0.15) is 0 Å². The topological polar surface area (TPSA) is 49.4 Å². The molecule has 1 aliphatic carbocycles. The number of allylic oxidation sites excluding steroid dienone is 2. The minimum absolute atomic E-state index is 0.0190. The smallest absolute Gasteiger partial charge is 0.253 e. The van der Waals surface area contributed by atoms with E-state index in [0.717, 1.165) is 23.4 Å². The Morgan fingerprint density at radius 1 is 1.25 bits per heavy atom.